The molecule has 2 aliphatic heterocycles. The van der Waals surface area contributed by atoms with E-state index < -0.39 is 0 Å². The molecule has 2 aromatic heterocycles. The van der Waals surface area contributed by atoms with E-state index in [-0.39, 0.29) is 16.7 Å². The Hall–Kier alpha value is -9.38. The molecule has 11 aromatic carbocycles. The van der Waals surface area contributed by atoms with Crippen molar-refractivity contribution in [3.63, 3.8) is 0 Å². The summed E-state index contributed by atoms with van der Waals surface area (Å²) in [5.74, 6) is -0.159. The summed E-state index contributed by atoms with van der Waals surface area (Å²) in [7, 11) is 0. The van der Waals surface area contributed by atoms with Crippen LogP contribution in [-0.2, 0) is 10.8 Å². The number of para-hydroxylation sites is 6. The molecule has 79 heavy (non-hydrogen) atoms. The molecule has 0 aliphatic carbocycles. The molecule has 0 spiro atoms. The Morgan fingerprint density at radius 3 is 0.975 bits per heavy atom. The summed E-state index contributed by atoms with van der Waals surface area (Å²) >= 11 is 0. The molecule has 0 atom stereocenters. The fourth-order valence-electron chi connectivity index (χ4n) is 13.7. The van der Waals surface area contributed by atoms with Gasteiger partial charge in [0.05, 0.1) is 56.2 Å². The van der Waals surface area contributed by atoms with Crippen LogP contribution in [0, 0.1) is 0 Å². The fraction of sp³-hybridized carbons (Fsp3) is 0.120. The van der Waals surface area contributed by atoms with E-state index in [0.717, 1.165) is 22.7 Å². The van der Waals surface area contributed by atoms with Crippen LogP contribution in [0.15, 0.2) is 249 Å². The van der Waals surface area contributed by atoms with Crippen LogP contribution in [0.1, 0.15) is 75.3 Å². The van der Waals surface area contributed by atoms with Crippen molar-refractivity contribution in [2.24, 2.45) is 0 Å². The standard InChI is InChI=1S/C75H60N4/c1-74(2,3)60-32-15-7-24-50(60)52-26-9-21-38-66(52)78-68-44-42-48(76-62-34-17-11-28-54(62)55-29-12-18-35-63(55)76)46-58(68)72-59-47-49(77-64-36-19-13-30-56(64)57-31-14-20-37-65(57)77)43-45-69(59)79(71-41-23-40-70(78)73(71)72)67-39-22-10-27-53(67)51-25-8-16-33-61(51)75(4,5)6/h7-47,72H,1-6H3. The zero-order valence-corrected chi connectivity index (χ0v) is 45.5. The number of hydrogen-bond acceptors (Lipinski definition) is 2. The van der Waals surface area contributed by atoms with Gasteiger partial charge in [-0.2, -0.15) is 0 Å². The van der Waals surface area contributed by atoms with E-state index in [2.05, 4.69) is 309 Å². The maximum atomic E-state index is 2.59. The summed E-state index contributed by atoms with van der Waals surface area (Å²) < 4.78 is 4.97. The normalized spacial score (nSPS) is 13.3. The SMILES string of the molecule is CC(C)(C)c1ccccc1-c1ccccc1N1c2ccc(-n3c4ccccc4c4ccccc43)cc2C2c3cc(-n4c5ccccc5c5ccccc54)ccc3N(c3ccccc3-c3ccccc3C(C)(C)C)c3cccc1c32. The van der Waals surface area contributed by atoms with Crippen LogP contribution in [0.3, 0.4) is 0 Å². The van der Waals surface area contributed by atoms with Crippen molar-refractivity contribution >= 4 is 77.7 Å². The van der Waals surface area contributed by atoms with E-state index in [1.54, 1.807) is 0 Å². The van der Waals surface area contributed by atoms with Gasteiger partial charge in [-0.3, -0.25) is 0 Å². The van der Waals surface area contributed by atoms with E-state index in [4.69, 9.17) is 0 Å². The zero-order valence-electron chi connectivity index (χ0n) is 45.5. The van der Waals surface area contributed by atoms with Crippen LogP contribution < -0.4 is 9.80 Å². The van der Waals surface area contributed by atoms with Crippen molar-refractivity contribution < 1.29 is 0 Å². The van der Waals surface area contributed by atoms with Gasteiger partial charge in [0.25, 0.3) is 0 Å². The molecule has 0 radical (unpaired) electrons. The van der Waals surface area contributed by atoms with Gasteiger partial charge in [-0.1, -0.05) is 205 Å². The highest BCUT2D eigenvalue weighted by atomic mass is 15.2. The molecule has 4 heteroatoms. The zero-order chi connectivity index (χ0) is 53.3. The van der Waals surface area contributed by atoms with Crippen molar-refractivity contribution in [2.45, 2.75) is 58.3 Å². The molecule has 4 heterocycles. The molecule has 380 valence electrons. The van der Waals surface area contributed by atoms with E-state index in [0.29, 0.717) is 0 Å². The molecular weight excluding hydrogens is 957 g/mol. The number of aromatic nitrogens is 2. The minimum atomic E-state index is -0.159. The summed E-state index contributed by atoms with van der Waals surface area (Å²) in [6.45, 7) is 14.0. The Labute approximate surface area is 462 Å². The second kappa shape index (κ2) is 17.6. The summed E-state index contributed by atoms with van der Waals surface area (Å²) in [5.41, 5.74) is 25.1. The van der Waals surface area contributed by atoms with Gasteiger partial charge in [-0.05, 0) is 129 Å². The lowest BCUT2D eigenvalue weighted by Gasteiger charge is -2.46. The van der Waals surface area contributed by atoms with Gasteiger partial charge >= 0.3 is 0 Å². The first-order valence-electron chi connectivity index (χ1n) is 27.9. The maximum Gasteiger partial charge on any atom is 0.0541 e. The number of fused-ring (bicyclic) bond motifs is 10. The highest BCUT2D eigenvalue weighted by Crippen LogP contribution is 2.62. The van der Waals surface area contributed by atoms with Gasteiger partial charge in [0.2, 0.25) is 0 Å². The molecule has 0 fully saturated rings. The predicted octanol–water partition coefficient (Wildman–Crippen LogP) is 20.6. The molecule has 0 bridgehead atoms. The van der Waals surface area contributed by atoms with Gasteiger partial charge in [0, 0.05) is 55.5 Å². The van der Waals surface area contributed by atoms with Crippen LogP contribution >= 0.6 is 0 Å². The van der Waals surface area contributed by atoms with Crippen LogP contribution in [0.4, 0.5) is 34.1 Å². The third-order valence-electron chi connectivity index (χ3n) is 17.0. The molecule has 4 nitrogen and oxygen atoms in total. The molecule has 0 saturated carbocycles. The second-order valence-electron chi connectivity index (χ2n) is 23.7. The van der Waals surface area contributed by atoms with Crippen molar-refractivity contribution in [3.05, 3.63) is 277 Å². The highest BCUT2D eigenvalue weighted by molar-refractivity contribution is 6.11. The van der Waals surface area contributed by atoms with Crippen LogP contribution in [0.2, 0.25) is 0 Å². The molecule has 15 rings (SSSR count). The topological polar surface area (TPSA) is 16.3 Å². The number of rotatable bonds is 6. The molecular formula is C75H60N4. The molecule has 0 unspecified atom stereocenters. The first-order valence-corrected chi connectivity index (χ1v) is 27.9. The molecule has 0 saturated heterocycles. The monoisotopic (exact) mass is 1020 g/mol. The highest BCUT2D eigenvalue weighted by Gasteiger charge is 2.42. The minimum absolute atomic E-state index is 0.0883. The minimum Gasteiger partial charge on any atom is -0.309 e. The van der Waals surface area contributed by atoms with Crippen LogP contribution in [-0.4, -0.2) is 9.13 Å². The molecule has 13 aromatic rings. The van der Waals surface area contributed by atoms with Gasteiger partial charge in [0.1, 0.15) is 0 Å². The van der Waals surface area contributed by atoms with Crippen LogP contribution in [0.5, 0.6) is 0 Å². The smallest absolute Gasteiger partial charge is 0.0541 e. The average molecular weight is 1020 g/mol. The van der Waals surface area contributed by atoms with Crippen molar-refractivity contribution in [1.82, 2.24) is 9.13 Å². The second-order valence-corrected chi connectivity index (χ2v) is 23.7. The lowest BCUT2D eigenvalue weighted by atomic mass is 9.75. The molecule has 0 amide bonds. The Kier molecular flexibility index (Phi) is 10.4. The van der Waals surface area contributed by atoms with Gasteiger partial charge in [0.15, 0.2) is 0 Å². The van der Waals surface area contributed by atoms with Crippen LogP contribution in [0.25, 0.3) is 77.2 Å². The molecule has 2 aliphatic rings. The summed E-state index contributed by atoms with van der Waals surface area (Å²) in [5, 5.41) is 4.99. The van der Waals surface area contributed by atoms with Crippen molar-refractivity contribution in [1.29, 1.82) is 0 Å². The largest absolute Gasteiger partial charge is 0.309 e. The van der Waals surface area contributed by atoms with Gasteiger partial charge in [-0.15, -0.1) is 0 Å². The lowest BCUT2D eigenvalue weighted by molar-refractivity contribution is 0.591. The fourth-order valence-corrected chi connectivity index (χ4v) is 13.7. The van der Waals surface area contributed by atoms with Crippen molar-refractivity contribution in [2.75, 3.05) is 9.80 Å². The summed E-state index contributed by atoms with van der Waals surface area (Å²) in [4.78, 5) is 5.19. The number of hydrogen-bond donors (Lipinski definition) is 0. The quantitative estimate of drug-likeness (QED) is 0.165. The Balaban J connectivity index is 1.07. The van der Waals surface area contributed by atoms with Gasteiger partial charge in [-0.25, -0.2) is 0 Å². The number of nitrogens with zero attached hydrogens (tertiary/aromatic N) is 4. The lowest BCUT2D eigenvalue weighted by Crippen LogP contribution is -2.30. The average Bonchev–Trinajstić information content (AvgIpc) is 4.07. The van der Waals surface area contributed by atoms with Crippen molar-refractivity contribution in [3.8, 4) is 33.6 Å². The summed E-state index contributed by atoms with van der Waals surface area (Å²) in [6.07, 6.45) is 0. The Bertz CT molecular complexity index is 4210. The first kappa shape index (κ1) is 46.9. The van der Waals surface area contributed by atoms with E-state index in [9.17, 15) is 0 Å². The van der Waals surface area contributed by atoms with E-state index >= 15 is 0 Å². The summed E-state index contributed by atoms with van der Waals surface area (Å²) in [6, 6.07) is 93.4. The Morgan fingerprint density at radius 1 is 0.278 bits per heavy atom. The number of anilines is 6. The third kappa shape index (κ3) is 7.13. The third-order valence-corrected chi connectivity index (χ3v) is 17.0. The van der Waals surface area contributed by atoms with Gasteiger partial charge < -0.3 is 18.9 Å². The number of benzene rings is 11. The predicted molar refractivity (Wildman–Crippen MR) is 334 cm³/mol. The molecule has 0 N–H and O–H groups in total. The maximum absolute atomic E-state index is 2.59. The van der Waals surface area contributed by atoms with E-state index in [1.807, 2.05) is 0 Å². The Morgan fingerprint density at radius 2 is 0.595 bits per heavy atom. The van der Waals surface area contributed by atoms with E-state index in [1.165, 1.54) is 116 Å². The first-order chi connectivity index (χ1) is 38.5.